The lowest BCUT2D eigenvalue weighted by Gasteiger charge is -2.22. The lowest BCUT2D eigenvalue weighted by atomic mass is 10.0. The molecule has 0 aromatic heterocycles. The second-order valence-corrected chi connectivity index (χ2v) is 5.62. The topological polar surface area (TPSA) is 46.3 Å². The SMILES string of the molecule is CC(=O)N(CCc1ccccc1)CCc1cccc(N)c1C. The molecule has 0 radical (unpaired) electrons. The third-order valence-electron chi connectivity index (χ3n) is 4.10. The summed E-state index contributed by atoms with van der Waals surface area (Å²) in [6.07, 6.45) is 1.72. The predicted molar refractivity (Wildman–Crippen MR) is 91.7 cm³/mol. The van der Waals surface area contributed by atoms with Gasteiger partial charge in [-0.3, -0.25) is 4.79 Å². The van der Waals surface area contributed by atoms with E-state index in [1.807, 2.05) is 42.2 Å². The number of hydrogen-bond donors (Lipinski definition) is 1. The largest absolute Gasteiger partial charge is 0.399 e. The number of carbonyl (C=O) groups excluding carboxylic acids is 1. The van der Waals surface area contributed by atoms with Crippen LogP contribution in [0.2, 0.25) is 0 Å². The molecule has 2 aromatic rings. The minimum atomic E-state index is 0.123. The number of carbonyl (C=O) groups is 1. The average molecular weight is 296 g/mol. The van der Waals surface area contributed by atoms with E-state index in [0.717, 1.165) is 37.2 Å². The van der Waals surface area contributed by atoms with Gasteiger partial charge in [-0.15, -0.1) is 0 Å². The van der Waals surface area contributed by atoms with Crippen LogP contribution in [0.1, 0.15) is 23.6 Å². The van der Waals surface area contributed by atoms with Crippen molar-refractivity contribution in [2.45, 2.75) is 26.7 Å². The molecule has 0 atom stereocenters. The summed E-state index contributed by atoms with van der Waals surface area (Å²) in [5.74, 6) is 0.123. The Bertz CT molecular complexity index is 623. The van der Waals surface area contributed by atoms with E-state index in [9.17, 15) is 4.79 Å². The smallest absolute Gasteiger partial charge is 0.219 e. The average Bonchev–Trinajstić information content (AvgIpc) is 2.52. The van der Waals surface area contributed by atoms with Gasteiger partial charge in [-0.05, 0) is 42.5 Å². The minimum Gasteiger partial charge on any atom is -0.399 e. The zero-order chi connectivity index (χ0) is 15.9. The van der Waals surface area contributed by atoms with Gasteiger partial charge in [0.25, 0.3) is 0 Å². The molecule has 0 bridgehead atoms. The van der Waals surface area contributed by atoms with Crippen LogP contribution >= 0.6 is 0 Å². The third-order valence-corrected chi connectivity index (χ3v) is 4.10. The molecule has 0 aliphatic rings. The molecular weight excluding hydrogens is 272 g/mol. The van der Waals surface area contributed by atoms with Crippen molar-refractivity contribution in [2.24, 2.45) is 0 Å². The summed E-state index contributed by atoms with van der Waals surface area (Å²) in [6, 6.07) is 16.2. The molecule has 1 amide bonds. The van der Waals surface area contributed by atoms with Crippen molar-refractivity contribution in [3.05, 3.63) is 65.2 Å². The Morgan fingerprint density at radius 2 is 1.68 bits per heavy atom. The Hall–Kier alpha value is -2.29. The van der Waals surface area contributed by atoms with Crippen LogP contribution < -0.4 is 5.73 Å². The fourth-order valence-electron chi connectivity index (χ4n) is 2.57. The monoisotopic (exact) mass is 296 g/mol. The van der Waals surface area contributed by atoms with Gasteiger partial charge in [0.15, 0.2) is 0 Å². The molecule has 0 unspecified atom stereocenters. The number of benzene rings is 2. The maximum atomic E-state index is 11.8. The number of nitrogen functional groups attached to an aromatic ring is 1. The standard InChI is InChI=1S/C19H24N2O/c1-15-18(9-6-10-19(15)20)12-14-21(16(2)22)13-11-17-7-4-3-5-8-17/h3-10H,11-14,20H2,1-2H3. The zero-order valence-electron chi connectivity index (χ0n) is 13.4. The lowest BCUT2D eigenvalue weighted by molar-refractivity contribution is -0.128. The van der Waals surface area contributed by atoms with Crippen LogP contribution in [0, 0.1) is 6.92 Å². The number of amides is 1. The van der Waals surface area contributed by atoms with Crippen LogP contribution in [0.3, 0.4) is 0 Å². The van der Waals surface area contributed by atoms with Gasteiger partial charge in [-0.1, -0.05) is 42.5 Å². The van der Waals surface area contributed by atoms with Crippen LogP contribution in [0.5, 0.6) is 0 Å². The maximum absolute atomic E-state index is 11.8. The Labute approximate surface area is 132 Å². The summed E-state index contributed by atoms with van der Waals surface area (Å²) in [5, 5.41) is 0. The molecule has 0 heterocycles. The van der Waals surface area contributed by atoms with Gasteiger partial charge in [-0.25, -0.2) is 0 Å². The highest BCUT2D eigenvalue weighted by Gasteiger charge is 2.10. The number of hydrogen-bond acceptors (Lipinski definition) is 2. The van der Waals surface area contributed by atoms with Crippen molar-refractivity contribution in [3.8, 4) is 0 Å². The number of nitrogens with two attached hydrogens (primary N) is 1. The van der Waals surface area contributed by atoms with Crippen molar-refractivity contribution in [1.82, 2.24) is 4.90 Å². The Kier molecular flexibility index (Phi) is 5.59. The summed E-state index contributed by atoms with van der Waals surface area (Å²) >= 11 is 0. The van der Waals surface area contributed by atoms with E-state index in [0.29, 0.717) is 0 Å². The van der Waals surface area contributed by atoms with E-state index in [2.05, 4.69) is 18.2 Å². The summed E-state index contributed by atoms with van der Waals surface area (Å²) in [5.41, 5.74) is 10.3. The first kappa shape index (κ1) is 16.1. The van der Waals surface area contributed by atoms with Crippen molar-refractivity contribution in [2.75, 3.05) is 18.8 Å². The van der Waals surface area contributed by atoms with Gasteiger partial charge in [0.1, 0.15) is 0 Å². The summed E-state index contributed by atoms with van der Waals surface area (Å²) in [4.78, 5) is 13.8. The molecule has 22 heavy (non-hydrogen) atoms. The highest BCUT2D eigenvalue weighted by Crippen LogP contribution is 2.16. The molecule has 116 valence electrons. The molecule has 0 aliphatic heterocycles. The summed E-state index contributed by atoms with van der Waals surface area (Å²) < 4.78 is 0. The van der Waals surface area contributed by atoms with Gasteiger partial charge in [0.2, 0.25) is 5.91 Å². The Morgan fingerprint density at radius 1 is 1.00 bits per heavy atom. The van der Waals surface area contributed by atoms with Crippen LogP contribution in [0.25, 0.3) is 0 Å². The summed E-state index contributed by atoms with van der Waals surface area (Å²) in [7, 11) is 0. The van der Waals surface area contributed by atoms with E-state index in [1.54, 1.807) is 6.92 Å². The van der Waals surface area contributed by atoms with Gasteiger partial charge < -0.3 is 10.6 Å². The fourth-order valence-corrected chi connectivity index (χ4v) is 2.57. The molecule has 3 heteroatoms. The molecule has 3 nitrogen and oxygen atoms in total. The minimum absolute atomic E-state index is 0.123. The number of anilines is 1. The molecule has 0 saturated heterocycles. The van der Waals surface area contributed by atoms with Gasteiger partial charge >= 0.3 is 0 Å². The molecule has 2 aromatic carbocycles. The van der Waals surface area contributed by atoms with E-state index >= 15 is 0 Å². The second kappa shape index (κ2) is 7.64. The van der Waals surface area contributed by atoms with Crippen LogP contribution in [-0.4, -0.2) is 23.9 Å². The molecule has 2 rings (SSSR count). The summed E-state index contributed by atoms with van der Waals surface area (Å²) in [6.45, 7) is 5.15. The number of nitrogens with zero attached hydrogens (tertiary/aromatic N) is 1. The van der Waals surface area contributed by atoms with Crippen LogP contribution in [0.4, 0.5) is 5.69 Å². The zero-order valence-corrected chi connectivity index (χ0v) is 13.4. The highest BCUT2D eigenvalue weighted by molar-refractivity contribution is 5.73. The van der Waals surface area contributed by atoms with Gasteiger partial charge in [-0.2, -0.15) is 0 Å². The van der Waals surface area contributed by atoms with Gasteiger partial charge in [0.05, 0.1) is 0 Å². The molecule has 0 fully saturated rings. The Balaban J connectivity index is 1.94. The normalized spacial score (nSPS) is 10.5. The van der Waals surface area contributed by atoms with Crippen LogP contribution in [0.15, 0.2) is 48.5 Å². The van der Waals surface area contributed by atoms with Crippen molar-refractivity contribution >= 4 is 11.6 Å². The highest BCUT2D eigenvalue weighted by atomic mass is 16.2. The maximum Gasteiger partial charge on any atom is 0.219 e. The van der Waals surface area contributed by atoms with E-state index in [-0.39, 0.29) is 5.91 Å². The van der Waals surface area contributed by atoms with E-state index in [4.69, 9.17) is 5.73 Å². The molecule has 2 N–H and O–H groups in total. The number of rotatable bonds is 6. The lowest BCUT2D eigenvalue weighted by Crippen LogP contribution is -2.32. The third kappa shape index (κ3) is 4.35. The van der Waals surface area contributed by atoms with Crippen molar-refractivity contribution in [3.63, 3.8) is 0 Å². The van der Waals surface area contributed by atoms with E-state index in [1.165, 1.54) is 11.1 Å². The van der Waals surface area contributed by atoms with Crippen molar-refractivity contribution in [1.29, 1.82) is 0 Å². The van der Waals surface area contributed by atoms with Crippen LogP contribution in [-0.2, 0) is 17.6 Å². The first-order chi connectivity index (χ1) is 10.6. The predicted octanol–water partition coefficient (Wildman–Crippen LogP) is 3.21. The fraction of sp³-hybridized carbons (Fsp3) is 0.316. The first-order valence-electron chi connectivity index (χ1n) is 7.71. The second-order valence-electron chi connectivity index (χ2n) is 5.62. The Morgan fingerprint density at radius 3 is 2.36 bits per heavy atom. The molecule has 0 saturated carbocycles. The molecule has 0 spiro atoms. The first-order valence-corrected chi connectivity index (χ1v) is 7.71. The van der Waals surface area contributed by atoms with Crippen molar-refractivity contribution < 1.29 is 4.79 Å². The molecular formula is C19H24N2O. The quantitative estimate of drug-likeness (QED) is 0.832. The van der Waals surface area contributed by atoms with E-state index < -0.39 is 0 Å². The molecule has 0 aliphatic carbocycles. The van der Waals surface area contributed by atoms with Gasteiger partial charge in [0, 0.05) is 25.7 Å².